The lowest BCUT2D eigenvalue weighted by molar-refractivity contribution is 0.0988. The van der Waals surface area contributed by atoms with Crippen molar-refractivity contribution in [3.05, 3.63) is 58.1 Å². The van der Waals surface area contributed by atoms with Gasteiger partial charge in [-0.15, -0.1) is 0 Å². The normalized spacial score (nSPS) is 10.3. The van der Waals surface area contributed by atoms with E-state index >= 15 is 0 Å². The molecule has 0 saturated carbocycles. The van der Waals surface area contributed by atoms with Crippen molar-refractivity contribution in [1.82, 2.24) is 0 Å². The first kappa shape index (κ1) is 14.6. The van der Waals surface area contributed by atoms with Gasteiger partial charge < -0.3 is 10.6 Å². The molecule has 0 radical (unpaired) electrons. The Morgan fingerprint density at radius 3 is 2.55 bits per heavy atom. The van der Waals surface area contributed by atoms with Gasteiger partial charge in [0.2, 0.25) is 0 Å². The highest BCUT2D eigenvalue weighted by atomic mass is 79.9. The molecule has 0 fully saturated rings. The van der Waals surface area contributed by atoms with Crippen LogP contribution in [0.25, 0.3) is 0 Å². The van der Waals surface area contributed by atoms with E-state index in [4.69, 9.17) is 5.73 Å². The lowest BCUT2D eigenvalue weighted by Gasteiger charge is -2.23. The molecule has 0 aliphatic carbocycles. The molecule has 2 rings (SSSR count). The van der Waals surface area contributed by atoms with Crippen molar-refractivity contribution in [1.29, 1.82) is 0 Å². The van der Waals surface area contributed by atoms with Gasteiger partial charge >= 0.3 is 0 Å². The van der Waals surface area contributed by atoms with E-state index in [9.17, 15) is 4.79 Å². The summed E-state index contributed by atoms with van der Waals surface area (Å²) in [6.45, 7) is 4.59. The zero-order chi connectivity index (χ0) is 14.7. The summed E-state index contributed by atoms with van der Waals surface area (Å²) in [5.74, 6) is -0.0255. The highest BCUT2D eigenvalue weighted by molar-refractivity contribution is 9.10. The van der Waals surface area contributed by atoms with Crippen molar-refractivity contribution in [3.63, 3.8) is 0 Å². The number of nitrogen functional groups attached to an aromatic ring is 1. The molecule has 0 saturated heterocycles. The molecule has 0 atom stereocenters. The molecule has 0 unspecified atom stereocenters. The molecule has 1 amide bonds. The molecule has 2 aromatic carbocycles. The number of para-hydroxylation sites is 1. The van der Waals surface area contributed by atoms with Gasteiger partial charge in [-0.2, -0.15) is 0 Å². The van der Waals surface area contributed by atoms with Crippen LogP contribution in [0.3, 0.4) is 0 Å². The number of benzene rings is 2. The first-order valence-electron chi connectivity index (χ1n) is 6.47. The summed E-state index contributed by atoms with van der Waals surface area (Å²) in [7, 11) is 0. The number of carbonyl (C=O) groups excluding carboxylic acids is 1. The van der Waals surface area contributed by atoms with Crippen molar-refractivity contribution >= 4 is 33.2 Å². The minimum absolute atomic E-state index is 0.0255. The SMILES string of the molecule is CCN(C(=O)c1ccc(N)c(Br)c1)c1ccccc1C. The van der Waals surface area contributed by atoms with Crippen molar-refractivity contribution in [2.24, 2.45) is 0 Å². The highest BCUT2D eigenvalue weighted by Gasteiger charge is 2.18. The van der Waals surface area contributed by atoms with Crippen molar-refractivity contribution in [3.8, 4) is 0 Å². The predicted molar refractivity (Wildman–Crippen MR) is 87.1 cm³/mol. The topological polar surface area (TPSA) is 46.3 Å². The van der Waals surface area contributed by atoms with Gasteiger partial charge in [-0.3, -0.25) is 4.79 Å². The van der Waals surface area contributed by atoms with Crippen molar-refractivity contribution in [2.75, 3.05) is 17.2 Å². The monoisotopic (exact) mass is 332 g/mol. The summed E-state index contributed by atoms with van der Waals surface area (Å²) in [5, 5.41) is 0. The number of halogens is 1. The minimum atomic E-state index is -0.0255. The zero-order valence-corrected chi connectivity index (χ0v) is 13.1. The summed E-state index contributed by atoms with van der Waals surface area (Å²) in [5.41, 5.74) is 9.03. The Morgan fingerprint density at radius 1 is 1.25 bits per heavy atom. The largest absolute Gasteiger partial charge is 0.398 e. The zero-order valence-electron chi connectivity index (χ0n) is 11.6. The average Bonchev–Trinajstić information content (AvgIpc) is 2.44. The number of nitrogens with two attached hydrogens (primary N) is 1. The molecule has 20 heavy (non-hydrogen) atoms. The highest BCUT2D eigenvalue weighted by Crippen LogP contribution is 2.25. The number of hydrogen-bond acceptors (Lipinski definition) is 2. The fraction of sp³-hybridized carbons (Fsp3) is 0.188. The van der Waals surface area contributed by atoms with Crippen LogP contribution < -0.4 is 10.6 Å². The van der Waals surface area contributed by atoms with E-state index in [1.807, 2.05) is 38.1 Å². The summed E-state index contributed by atoms with van der Waals surface area (Å²) in [4.78, 5) is 14.4. The molecule has 0 aliphatic rings. The Hall–Kier alpha value is -1.81. The van der Waals surface area contributed by atoms with E-state index in [0.717, 1.165) is 15.7 Å². The number of hydrogen-bond donors (Lipinski definition) is 1. The molecule has 2 N–H and O–H groups in total. The van der Waals surface area contributed by atoms with Crippen LogP contribution in [0.1, 0.15) is 22.8 Å². The Labute approximate surface area is 127 Å². The van der Waals surface area contributed by atoms with Crippen LogP contribution in [0.15, 0.2) is 46.9 Å². The third kappa shape index (κ3) is 2.85. The standard InChI is InChI=1S/C16H17BrN2O/c1-3-19(15-7-5-4-6-11(15)2)16(20)12-8-9-14(18)13(17)10-12/h4-10H,3,18H2,1-2H3. The van der Waals surface area contributed by atoms with E-state index in [0.29, 0.717) is 17.8 Å². The fourth-order valence-corrected chi connectivity index (χ4v) is 2.48. The summed E-state index contributed by atoms with van der Waals surface area (Å²) < 4.78 is 0.740. The summed E-state index contributed by atoms with van der Waals surface area (Å²) >= 11 is 3.36. The van der Waals surface area contributed by atoms with Gasteiger partial charge in [0.25, 0.3) is 5.91 Å². The number of aryl methyl sites for hydroxylation is 1. The number of nitrogens with zero attached hydrogens (tertiary/aromatic N) is 1. The second-order valence-corrected chi connectivity index (χ2v) is 5.43. The third-order valence-corrected chi connectivity index (χ3v) is 3.90. The van der Waals surface area contributed by atoms with Crippen LogP contribution in [0.4, 0.5) is 11.4 Å². The first-order chi connectivity index (χ1) is 9.54. The Bertz CT molecular complexity index is 640. The van der Waals surface area contributed by atoms with Gasteiger partial charge in [-0.05, 0) is 59.6 Å². The van der Waals surface area contributed by atoms with Crippen LogP contribution in [0.5, 0.6) is 0 Å². The summed E-state index contributed by atoms with van der Waals surface area (Å²) in [6, 6.07) is 13.1. The van der Waals surface area contributed by atoms with Crippen molar-refractivity contribution < 1.29 is 4.79 Å². The smallest absolute Gasteiger partial charge is 0.258 e. The van der Waals surface area contributed by atoms with Gasteiger partial charge in [0.15, 0.2) is 0 Å². The van der Waals surface area contributed by atoms with Crippen LogP contribution in [0.2, 0.25) is 0 Å². The Balaban J connectivity index is 2.39. The molecule has 0 aliphatic heterocycles. The Morgan fingerprint density at radius 2 is 1.95 bits per heavy atom. The number of amides is 1. The third-order valence-electron chi connectivity index (χ3n) is 3.22. The average molecular weight is 333 g/mol. The lowest BCUT2D eigenvalue weighted by atomic mass is 10.1. The molecule has 0 aromatic heterocycles. The number of carbonyl (C=O) groups is 1. The maximum atomic E-state index is 12.7. The molecule has 3 nitrogen and oxygen atoms in total. The van der Waals surface area contributed by atoms with Crippen LogP contribution >= 0.6 is 15.9 Å². The van der Waals surface area contributed by atoms with Crippen LogP contribution in [0, 0.1) is 6.92 Å². The second kappa shape index (κ2) is 6.09. The minimum Gasteiger partial charge on any atom is -0.398 e. The van der Waals surface area contributed by atoms with E-state index in [1.165, 1.54) is 0 Å². The van der Waals surface area contributed by atoms with Gasteiger partial charge in [0.05, 0.1) is 0 Å². The molecule has 104 valence electrons. The van der Waals surface area contributed by atoms with E-state index in [2.05, 4.69) is 15.9 Å². The maximum absolute atomic E-state index is 12.7. The quantitative estimate of drug-likeness (QED) is 0.863. The molecule has 0 heterocycles. The molecule has 4 heteroatoms. The second-order valence-electron chi connectivity index (χ2n) is 4.57. The van der Waals surface area contributed by atoms with Crippen LogP contribution in [-0.2, 0) is 0 Å². The predicted octanol–water partition coefficient (Wildman–Crippen LogP) is 4.01. The van der Waals surface area contributed by atoms with Crippen LogP contribution in [-0.4, -0.2) is 12.5 Å². The summed E-state index contributed by atoms with van der Waals surface area (Å²) in [6.07, 6.45) is 0. The maximum Gasteiger partial charge on any atom is 0.258 e. The fourth-order valence-electron chi connectivity index (χ4n) is 2.11. The van der Waals surface area contributed by atoms with E-state index in [1.54, 1.807) is 23.1 Å². The molecular formula is C16H17BrN2O. The molecule has 2 aromatic rings. The van der Waals surface area contributed by atoms with Gasteiger partial charge in [-0.1, -0.05) is 18.2 Å². The van der Waals surface area contributed by atoms with Gasteiger partial charge in [-0.25, -0.2) is 0 Å². The van der Waals surface area contributed by atoms with E-state index < -0.39 is 0 Å². The van der Waals surface area contributed by atoms with Gasteiger partial charge in [0, 0.05) is 28.0 Å². The molecular weight excluding hydrogens is 316 g/mol. The lowest BCUT2D eigenvalue weighted by Crippen LogP contribution is -2.31. The van der Waals surface area contributed by atoms with E-state index in [-0.39, 0.29) is 5.91 Å². The Kier molecular flexibility index (Phi) is 4.45. The van der Waals surface area contributed by atoms with Crippen molar-refractivity contribution in [2.45, 2.75) is 13.8 Å². The molecule has 0 bridgehead atoms. The van der Waals surface area contributed by atoms with Gasteiger partial charge in [0.1, 0.15) is 0 Å². The number of rotatable bonds is 3. The first-order valence-corrected chi connectivity index (χ1v) is 7.26. The molecule has 0 spiro atoms. The number of anilines is 2.